The van der Waals surface area contributed by atoms with Gasteiger partial charge in [-0.15, -0.1) is 11.6 Å². The van der Waals surface area contributed by atoms with Crippen molar-refractivity contribution in [1.29, 1.82) is 0 Å². The van der Waals surface area contributed by atoms with Gasteiger partial charge in [-0.25, -0.2) is 4.98 Å². The average Bonchev–Trinajstić information content (AvgIpc) is 2.85. The number of aromatic nitrogens is 2. The molecule has 3 rings (SSSR count). The molecule has 2 aromatic rings. The van der Waals surface area contributed by atoms with Gasteiger partial charge in [-0.2, -0.15) is 11.8 Å². The van der Waals surface area contributed by atoms with Crippen molar-refractivity contribution in [1.82, 2.24) is 9.55 Å². The van der Waals surface area contributed by atoms with Crippen LogP contribution in [-0.2, 0) is 5.88 Å². The number of imidazole rings is 1. The second-order valence-corrected chi connectivity index (χ2v) is 6.22. The molecule has 1 aromatic carbocycles. The number of benzene rings is 1. The van der Waals surface area contributed by atoms with E-state index in [2.05, 4.69) is 15.6 Å². The van der Waals surface area contributed by atoms with E-state index in [1.165, 1.54) is 24.3 Å². The number of fused-ring (bicyclic) bond motifs is 1. The number of thioether (sulfide) groups is 1. The molecule has 5 heteroatoms. The highest BCUT2D eigenvalue weighted by Gasteiger charge is 2.21. The van der Waals surface area contributed by atoms with Gasteiger partial charge in [0.25, 0.3) is 0 Å². The van der Waals surface area contributed by atoms with Crippen LogP contribution < -0.4 is 4.74 Å². The van der Waals surface area contributed by atoms with Crippen LogP contribution in [0, 0.1) is 0 Å². The van der Waals surface area contributed by atoms with E-state index in [9.17, 15) is 0 Å². The number of alkyl halides is 1. The van der Waals surface area contributed by atoms with Crippen molar-refractivity contribution in [2.24, 2.45) is 0 Å². The van der Waals surface area contributed by atoms with Gasteiger partial charge >= 0.3 is 0 Å². The number of methoxy groups -OCH3 is 1. The quantitative estimate of drug-likeness (QED) is 0.805. The molecule has 1 saturated heterocycles. The minimum Gasteiger partial charge on any atom is -0.497 e. The van der Waals surface area contributed by atoms with E-state index in [0.29, 0.717) is 11.9 Å². The largest absolute Gasteiger partial charge is 0.497 e. The number of ether oxygens (including phenoxy) is 1. The molecular formula is C14H17ClN2OS. The summed E-state index contributed by atoms with van der Waals surface area (Å²) in [6.45, 7) is 0. The SMILES string of the molecule is COc1ccc2nc(CCl)n(C3CCSCC3)c2c1. The van der Waals surface area contributed by atoms with Crippen LogP contribution in [0.3, 0.4) is 0 Å². The summed E-state index contributed by atoms with van der Waals surface area (Å²) in [5, 5.41) is 0. The first kappa shape index (κ1) is 13.1. The molecule has 0 N–H and O–H groups in total. The molecule has 1 aromatic heterocycles. The smallest absolute Gasteiger partial charge is 0.125 e. The predicted octanol–water partition coefficient (Wildman–Crippen LogP) is 3.85. The van der Waals surface area contributed by atoms with Crippen LogP contribution in [0.15, 0.2) is 18.2 Å². The molecule has 1 fully saturated rings. The molecule has 102 valence electrons. The first-order chi connectivity index (χ1) is 9.33. The Morgan fingerprint density at radius 2 is 2.21 bits per heavy atom. The van der Waals surface area contributed by atoms with Crippen molar-refractivity contribution >= 4 is 34.4 Å². The van der Waals surface area contributed by atoms with Crippen LogP contribution in [0.1, 0.15) is 24.7 Å². The Morgan fingerprint density at radius 3 is 2.89 bits per heavy atom. The Balaban J connectivity index is 2.12. The summed E-state index contributed by atoms with van der Waals surface area (Å²) in [6, 6.07) is 6.56. The van der Waals surface area contributed by atoms with Crippen LogP contribution in [0.5, 0.6) is 5.75 Å². The molecule has 0 unspecified atom stereocenters. The van der Waals surface area contributed by atoms with Gasteiger partial charge in [-0.1, -0.05) is 0 Å². The van der Waals surface area contributed by atoms with Crippen LogP contribution in [0.4, 0.5) is 0 Å². The van der Waals surface area contributed by atoms with E-state index in [-0.39, 0.29) is 0 Å². The highest BCUT2D eigenvalue weighted by Crippen LogP contribution is 2.33. The molecule has 0 aliphatic carbocycles. The van der Waals surface area contributed by atoms with E-state index in [1.807, 2.05) is 23.9 Å². The molecule has 1 aliphatic heterocycles. The summed E-state index contributed by atoms with van der Waals surface area (Å²) in [5.41, 5.74) is 2.15. The third-order valence-electron chi connectivity index (χ3n) is 3.65. The van der Waals surface area contributed by atoms with Crippen LogP contribution >= 0.6 is 23.4 Å². The van der Waals surface area contributed by atoms with Crippen molar-refractivity contribution < 1.29 is 4.74 Å². The first-order valence-corrected chi connectivity index (χ1v) is 8.21. The van der Waals surface area contributed by atoms with Gasteiger partial charge in [-0.3, -0.25) is 0 Å². The summed E-state index contributed by atoms with van der Waals surface area (Å²) >= 11 is 8.11. The maximum Gasteiger partial charge on any atom is 0.125 e. The van der Waals surface area contributed by atoms with Gasteiger partial charge in [0, 0.05) is 12.1 Å². The normalized spacial score (nSPS) is 16.9. The average molecular weight is 297 g/mol. The van der Waals surface area contributed by atoms with Crippen molar-refractivity contribution in [2.75, 3.05) is 18.6 Å². The molecular weight excluding hydrogens is 280 g/mol. The molecule has 3 nitrogen and oxygen atoms in total. The lowest BCUT2D eigenvalue weighted by molar-refractivity contribution is 0.414. The number of rotatable bonds is 3. The van der Waals surface area contributed by atoms with Crippen LogP contribution in [0.2, 0.25) is 0 Å². The minimum atomic E-state index is 0.459. The maximum atomic E-state index is 6.08. The topological polar surface area (TPSA) is 27.1 Å². The third kappa shape index (κ3) is 2.43. The second kappa shape index (κ2) is 5.63. The fraction of sp³-hybridized carbons (Fsp3) is 0.500. The molecule has 0 amide bonds. The van der Waals surface area contributed by atoms with Crippen LogP contribution in [-0.4, -0.2) is 28.2 Å². The van der Waals surface area contributed by atoms with Gasteiger partial charge in [-0.05, 0) is 36.5 Å². The highest BCUT2D eigenvalue weighted by atomic mass is 35.5. The molecule has 0 radical (unpaired) electrons. The number of nitrogens with zero attached hydrogens (tertiary/aromatic N) is 2. The molecule has 2 heterocycles. The number of hydrogen-bond donors (Lipinski definition) is 0. The van der Waals surface area contributed by atoms with Crippen molar-refractivity contribution in [3.8, 4) is 5.75 Å². The summed E-state index contributed by atoms with van der Waals surface area (Å²) in [6.07, 6.45) is 2.38. The van der Waals surface area contributed by atoms with Crippen molar-refractivity contribution in [3.63, 3.8) is 0 Å². The zero-order chi connectivity index (χ0) is 13.2. The third-order valence-corrected chi connectivity index (χ3v) is 4.93. The van der Waals surface area contributed by atoms with E-state index in [0.717, 1.165) is 22.6 Å². The Labute approximate surface area is 122 Å². The minimum absolute atomic E-state index is 0.459. The molecule has 1 aliphatic rings. The molecule has 0 saturated carbocycles. The monoisotopic (exact) mass is 296 g/mol. The van der Waals surface area contributed by atoms with Crippen molar-refractivity contribution in [2.45, 2.75) is 24.8 Å². The lowest BCUT2D eigenvalue weighted by Crippen LogP contribution is -2.17. The summed E-state index contributed by atoms with van der Waals surface area (Å²) in [4.78, 5) is 4.65. The lowest BCUT2D eigenvalue weighted by atomic mass is 10.1. The summed E-state index contributed by atoms with van der Waals surface area (Å²) < 4.78 is 7.65. The second-order valence-electron chi connectivity index (χ2n) is 4.73. The Kier molecular flexibility index (Phi) is 3.89. The van der Waals surface area contributed by atoms with E-state index in [4.69, 9.17) is 16.3 Å². The Bertz CT molecular complexity index is 578. The zero-order valence-electron chi connectivity index (χ0n) is 10.9. The molecule has 0 bridgehead atoms. The molecule has 19 heavy (non-hydrogen) atoms. The van der Waals surface area contributed by atoms with Gasteiger partial charge in [0.2, 0.25) is 0 Å². The standard InChI is InChI=1S/C14H17ClN2OS/c1-18-11-2-3-12-13(8-11)17(14(9-15)16-12)10-4-6-19-7-5-10/h2-3,8,10H,4-7,9H2,1H3. The van der Waals surface area contributed by atoms with Gasteiger partial charge < -0.3 is 9.30 Å². The Hall–Kier alpha value is -0.870. The fourth-order valence-corrected chi connectivity index (χ4v) is 3.96. The fourth-order valence-electron chi connectivity index (χ4n) is 2.69. The number of halogens is 1. The molecule has 0 spiro atoms. The van der Waals surface area contributed by atoms with E-state index >= 15 is 0 Å². The maximum absolute atomic E-state index is 6.08. The highest BCUT2D eigenvalue weighted by molar-refractivity contribution is 7.99. The lowest BCUT2D eigenvalue weighted by Gasteiger charge is -2.25. The van der Waals surface area contributed by atoms with Crippen molar-refractivity contribution in [3.05, 3.63) is 24.0 Å². The Morgan fingerprint density at radius 1 is 1.42 bits per heavy atom. The first-order valence-electron chi connectivity index (χ1n) is 6.52. The van der Waals surface area contributed by atoms with Gasteiger partial charge in [0.15, 0.2) is 0 Å². The van der Waals surface area contributed by atoms with E-state index in [1.54, 1.807) is 7.11 Å². The predicted molar refractivity (Wildman–Crippen MR) is 81.4 cm³/mol. The number of hydrogen-bond acceptors (Lipinski definition) is 3. The summed E-state index contributed by atoms with van der Waals surface area (Å²) in [7, 11) is 1.70. The summed E-state index contributed by atoms with van der Waals surface area (Å²) in [5.74, 6) is 4.74. The van der Waals surface area contributed by atoms with Crippen LogP contribution in [0.25, 0.3) is 11.0 Å². The zero-order valence-corrected chi connectivity index (χ0v) is 12.5. The van der Waals surface area contributed by atoms with Gasteiger partial charge in [0.1, 0.15) is 11.6 Å². The molecule has 0 atom stereocenters. The van der Waals surface area contributed by atoms with Gasteiger partial charge in [0.05, 0.1) is 24.0 Å². The van der Waals surface area contributed by atoms with E-state index < -0.39 is 0 Å².